The second kappa shape index (κ2) is 7.52. The van der Waals surface area contributed by atoms with Crippen LogP contribution in [0.2, 0.25) is 0 Å². The van der Waals surface area contributed by atoms with Crippen LogP contribution < -0.4 is 4.74 Å². The summed E-state index contributed by atoms with van der Waals surface area (Å²) < 4.78 is 5.13. The lowest BCUT2D eigenvalue weighted by atomic mass is 10.1. The molecule has 1 heterocycles. The summed E-state index contributed by atoms with van der Waals surface area (Å²) in [7, 11) is 1.41. The molecule has 1 atom stereocenters. The number of hydrogen-bond acceptors (Lipinski definition) is 6. The van der Waals surface area contributed by atoms with E-state index in [1.165, 1.54) is 35.9 Å². The monoisotopic (exact) mass is 354 g/mol. The van der Waals surface area contributed by atoms with Crippen molar-refractivity contribution in [2.24, 2.45) is 0 Å². The second-order valence-corrected chi connectivity index (χ2v) is 6.22. The normalized spacial score (nSPS) is 16.9. The van der Waals surface area contributed by atoms with Gasteiger partial charge in [0.05, 0.1) is 29.4 Å². The van der Waals surface area contributed by atoms with Crippen LogP contribution in [-0.2, 0) is 4.79 Å². The lowest BCUT2D eigenvalue weighted by Gasteiger charge is -2.23. The van der Waals surface area contributed by atoms with Gasteiger partial charge in [0.1, 0.15) is 11.3 Å². The molecule has 8 nitrogen and oxygen atoms in total. The Hall–Kier alpha value is -2.29. The predicted molar refractivity (Wildman–Crippen MR) is 87.7 cm³/mol. The number of benzene rings is 1. The number of nitro benzene ring substituents is 1. The molecular formula is C15H18N2O6S. The average molecular weight is 354 g/mol. The van der Waals surface area contributed by atoms with E-state index in [9.17, 15) is 19.7 Å². The number of hydrogen-bond donors (Lipinski definition) is 1. The summed E-state index contributed by atoms with van der Waals surface area (Å²) >= 11 is 1.31. The minimum absolute atomic E-state index is 0.0394. The van der Waals surface area contributed by atoms with Crippen molar-refractivity contribution in [2.45, 2.75) is 30.2 Å². The zero-order chi connectivity index (χ0) is 17.9. The van der Waals surface area contributed by atoms with Gasteiger partial charge in [0, 0.05) is 12.6 Å². The topological polar surface area (TPSA) is 110 Å². The molecule has 1 aromatic carbocycles. The number of carboxylic acid groups (broad SMARTS) is 1. The Morgan fingerprint density at radius 2 is 2.21 bits per heavy atom. The number of carbonyl (C=O) groups is 2. The molecule has 2 rings (SSSR count). The predicted octanol–water partition coefficient (Wildman–Crippen LogP) is 2.40. The molecule has 24 heavy (non-hydrogen) atoms. The van der Waals surface area contributed by atoms with E-state index in [4.69, 9.17) is 9.84 Å². The van der Waals surface area contributed by atoms with Crippen LogP contribution in [-0.4, -0.2) is 52.8 Å². The number of carbonyl (C=O) groups excluding carboxylic acids is 1. The minimum Gasteiger partial charge on any atom is -0.495 e. The quantitative estimate of drug-likeness (QED) is 0.474. The van der Waals surface area contributed by atoms with E-state index in [1.807, 2.05) is 0 Å². The number of ether oxygens (including phenoxy) is 1. The fourth-order valence-corrected chi connectivity index (χ4v) is 3.44. The zero-order valence-corrected chi connectivity index (χ0v) is 14.2. The third-order valence-corrected chi connectivity index (χ3v) is 4.74. The van der Waals surface area contributed by atoms with Gasteiger partial charge in [0.25, 0.3) is 11.6 Å². The van der Waals surface area contributed by atoms with Crippen LogP contribution in [0.4, 0.5) is 5.69 Å². The number of thioether (sulfide) groups is 1. The summed E-state index contributed by atoms with van der Waals surface area (Å²) in [6.07, 6.45) is 2.88. The molecule has 0 radical (unpaired) electrons. The van der Waals surface area contributed by atoms with Gasteiger partial charge in [0.2, 0.25) is 0 Å². The Morgan fingerprint density at radius 3 is 2.75 bits per heavy atom. The van der Waals surface area contributed by atoms with Crippen LogP contribution in [0.1, 0.15) is 29.6 Å². The molecule has 0 bridgehead atoms. The highest BCUT2D eigenvalue weighted by molar-refractivity contribution is 7.98. The van der Waals surface area contributed by atoms with Crippen molar-refractivity contribution in [1.29, 1.82) is 0 Å². The number of methoxy groups -OCH3 is 1. The van der Waals surface area contributed by atoms with Crippen molar-refractivity contribution >= 4 is 29.3 Å². The van der Waals surface area contributed by atoms with Gasteiger partial charge in [0.15, 0.2) is 0 Å². The first-order valence-corrected chi connectivity index (χ1v) is 8.54. The molecule has 1 amide bonds. The van der Waals surface area contributed by atoms with Crippen LogP contribution in [0.5, 0.6) is 5.75 Å². The van der Waals surface area contributed by atoms with Gasteiger partial charge < -0.3 is 14.7 Å². The standard InChI is InChI=1S/C15H18N2O6S/c1-23-12-8-11(17(21)22)10(7-13(12)24-2)15(20)16-5-3-4-9(16)6-14(18)19/h7-9H,3-6H2,1-2H3,(H,18,19). The Kier molecular flexibility index (Phi) is 5.66. The number of likely N-dealkylation sites (tertiary alicyclic amines) is 1. The summed E-state index contributed by atoms with van der Waals surface area (Å²) in [5.41, 5.74) is -0.377. The van der Waals surface area contributed by atoms with E-state index in [0.29, 0.717) is 30.0 Å². The van der Waals surface area contributed by atoms with E-state index in [1.54, 1.807) is 6.26 Å². The third-order valence-electron chi connectivity index (χ3n) is 3.98. The van der Waals surface area contributed by atoms with E-state index >= 15 is 0 Å². The zero-order valence-electron chi connectivity index (χ0n) is 13.4. The largest absolute Gasteiger partial charge is 0.495 e. The maximum atomic E-state index is 12.8. The highest BCUT2D eigenvalue weighted by atomic mass is 32.2. The number of carboxylic acids is 1. The third kappa shape index (κ3) is 3.61. The highest BCUT2D eigenvalue weighted by Gasteiger charge is 2.34. The van der Waals surface area contributed by atoms with Crippen LogP contribution in [0.3, 0.4) is 0 Å². The molecule has 130 valence electrons. The van der Waals surface area contributed by atoms with Crippen molar-refractivity contribution in [3.8, 4) is 5.75 Å². The SMILES string of the molecule is COc1cc([N+](=O)[O-])c(C(=O)N2CCCC2CC(=O)O)cc1SC. The van der Waals surface area contributed by atoms with Gasteiger partial charge in [-0.15, -0.1) is 11.8 Å². The molecule has 0 aliphatic carbocycles. The molecule has 1 saturated heterocycles. The summed E-state index contributed by atoms with van der Waals surface area (Å²) in [5, 5.41) is 20.3. The molecule has 1 N–H and O–H groups in total. The van der Waals surface area contributed by atoms with Crippen LogP contribution in [0.25, 0.3) is 0 Å². The first-order chi connectivity index (χ1) is 11.4. The Morgan fingerprint density at radius 1 is 1.50 bits per heavy atom. The molecule has 1 unspecified atom stereocenters. The molecule has 0 aromatic heterocycles. The number of nitrogens with zero attached hydrogens (tertiary/aromatic N) is 2. The van der Waals surface area contributed by atoms with Gasteiger partial charge in [-0.2, -0.15) is 0 Å². The number of aliphatic carboxylic acids is 1. The molecule has 9 heteroatoms. The lowest BCUT2D eigenvalue weighted by Crippen LogP contribution is -2.37. The van der Waals surface area contributed by atoms with E-state index < -0.39 is 22.8 Å². The van der Waals surface area contributed by atoms with Crippen LogP contribution in [0.15, 0.2) is 17.0 Å². The Bertz CT molecular complexity index is 678. The summed E-state index contributed by atoms with van der Waals surface area (Å²) in [4.78, 5) is 36.5. The Labute approximate surface area is 142 Å². The van der Waals surface area contributed by atoms with Crippen molar-refractivity contribution in [3.63, 3.8) is 0 Å². The van der Waals surface area contributed by atoms with Crippen molar-refractivity contribution in [1.82, 2.24) is 4.90 Å². The summed E-state index contributed by atoms with van der Waals surface area (Å²) in [6.45, 7) is 0.397. The fraction of sp³-hybridized carbons (Fsp3) is 0.467. The van der Waals surface area contributed by atoms with Gasteiger partial charge in [-0.3, -0.25) is 19.7 Å². The molecule has 1 aliphatic heterocycles. The smallest absolute Gasteiger partial charge is 0.305 e. The van der Waals surface area contributed by atoms with Crippen molar-refractivity contribution in [2.75, 3.05) is 19.9 Å². The minimum atomic E-state index is -0.992. The van der Waals surface area contributed by atoms with Crippen LogP contribution in [0, 0.1) is 10.1 Å². The Balaban J connectivity index is 2.44. The lowest BCUT2D eigenvalue weighted by molar-refractivity contribution is -0.385. The van der Waals surface area contributed by atoms with Crippen molar-refractivity contribution in [3.05, 3.63) is 27.8 Å². The van der Waals surface area contributed by atoms with Gasteiger partial charge in [-0.1, -0.05) is 0 Å². The summed E-state index contributed by atoms with van der Waals surface area (Å²) in [5.74, 6) is -1.17. The highest BCUT2D eigenvalue weighted by Crippen LogP contribution is 2.36. The number of nitro groups is 1. The van der Waals surface area contributed by atoms with E-state index in [0.717, 1.165) is 0 Å². The molecule has 1 aliphatic rings. The molecule has 1 fully saturated rings. The van der Waals surface area contributed by atoms with Gasteiger partial charge in [-0.05, 0) is 25.2 Å². The maximum Gasteiger partial charge on any atom is 0.305 e. The summed E-state index contributed by atoms with van der Waals surface area (Å²) in [6, 6.07) is 2.25. The maximum absolute atomic E-state index is 12.8. The van der Waals surface area contributed by atoms with Crippen LogP contribution >= 0.6 is 11.8 Å². The number of amides is 1. The van der Waals surface area contributed by atoms with E-state index in [2.05, 4.69) is 0 Å². The second-order valence-electron chi connectivity index (χ2n) is 5.37. The molecular weight excluding hydrogens is 336 g/mol. The fourth-order valence-electron chi connectivity index (χ4n) is 2.86. The average Bonchev–Trinajstić information content (AvgIpc) is 2.99. The molecule has 0 saturated carbocycles. The molecule has 0 spiro atoms. The number of rotatable bonds is 6. The first-order valence-electron chi connectivity index (χ1n) is 7.32. The molecule has 1 aromatic rings. The van der Waals surface area contributed by atoms with Gasteiger partial charge in [-0.25, -0.2) is 0 Å². The van der Waals surface area contributed by atoms with Crippen molar-refractivity contribution < 1.29 is 24.4 Å². The first kappa shape index (κ1) is 18.1. The van der Waals surface area contributed by atoms with Gasteiger partial charge >= 0.3 is 5.97 Å². The van der Waals surface area contributed by atoms with E-state index in [-0.39, 0.29) is 17.7 Å².